The summed E-state index contributed by atoms with van der Waals surface area (Å²) in [7, 11) is 1.25. The standard InChI is InChI=1S/C46H54ClF3N8O8/c1-26-19-36(58(24-26)42(60)39(55-43(61)63-6)30-13-17-64-18-14-30)40-52-23-35(54-40)29-9-7-28(8-10-29)32-20-34(47)33(21-37(32)65-46(48,49)50)41(59)53-31-11-12-38(51-22-31)57-16-15-56(25-27(57)2)44(62)66-45(3,4)5/h7-12,20-23,26-27,30,36,39H,13-19,24-25H2,1-6H3,(H,52,54)(H,53,59)(H,55,61)/t26-,27+,36-,39-/m0/s1. The Hall–Kier alpha value is -6.08. The number of ether oxygens (including phenoxy) is 4. The summed E-state index contributed by atoms with van der Waals surface area (Å²) in [6.45, 7) is 12.2. The fourth-order valence-electron chi connectivity index (χ4n) is 8.61. The predicted molar refractivity (Wildman–Crippen MR) is 239 cm³/mol. The van der Waals surface area contributed by atoms with Crippen LogP contribution in [-0.4, -0.2) is 119 Å². The Morgan fingerprint density at radius 3 is 2.29 bits per heavy atom. The van der Waals surface area contributed by atoms with E-state index >= 15 is 0 Å². The molecule has 4 aromatic rings. The molecule has 16 nitrogen and oxygen atoms in total. The number of alkyl carbamates (subject to hydrolysis) is 1. The number of H-pyrrole nitrogens is 1. The van der Waals surface area contributed by atoms with Crippen molar-refractivity contribution >= 4 is 47.1 Å². The summed E-state index contributed by atoms with van der Waals surface area (Å²) in [5.74, 6) is -0.465. The lowest BCUT2D eigenvalue weighted by atomic mass is 9.90. The molecule has 3 aliphatic heterocycles. The molecule has 66 heavy (non-hydrogen) atoms. The Labute approximate surface area is 385 Å². The van der Waals surface area contributed by atoms with E-state index in [1.165, 1.54) is 19.4 Å². The van der Waals surface area contributed by atoms with Crippen LogP contribution in [0.4, 0.5) is 34.3 Å². The molecule has 4 atom stereocenters. The van der Waals surface area contributed by atoms with E-state index in [4.69, 9.17) is 25.8 Å². The second-order valence-corrected chi connectivity index (χ2v) is 18.3. The number of aromatic nitrogens is 3. The number of piperazine rings is 1. The van der Waals surface area contributed by atoms with Gasteiger partial charge in [0.2, 0.25) is 5.91 Å². The normalized spacial score (nSPS) is 19.8. The van der Waals surface area contributed by atoms with E-state index < -0.39 is 41.8 Å². The third-order valence-electron chi connectivity index (χ3n) is 11.8. The molecule has 2 aromatic carbocycles. The van der Waals surface area contributed by atoms with Gasteiger partial charge >= 0.3 is 18.5 Å². The second kappa shape index (κ2) is 19.8. The lowest BCUT2D eigenvalue weighted by Crippen LogP contribution is -2.54. The summed E-state index contributed by atoms with van der Waals surface area (Å²) >= 11 is 6.60. The van der Waals surface area contributed by atoms with Gasteiger partial charge in [0.25, 0.3) is 5.91 Å². The number of aromatic amines is 1. The molecule has 3 N–H and O–H groups in total. The van der Waals surface area contributed by atoms with Crippen LogP contribution in [-0.2, 0) is 19.0 Å². The van der Waals surface area contributed by atoms with Crippen LogP contribution < -0.4 is 20.3 Å². The molecular weight excluding hydrogens is 885 g/mol. The van der Waals surface area contributed by atoms with Gasteiger partial charge < -0.3 is 49.3 Å². The number of likely N-dealkylation sites (tertiary alicyclic amines) is 1. The maximum absolute atomic E-state index is 14.1. The molecule has 0 spiro atoms. The highest BCUT2D eigenvalue weighted by Gasteiger charge is 2.42. The van der Waals surface area contributed by atoms with E-state index in [0.29, 0.717) is 87.1 Å². The number of benzene rings is 2. The van der Waals surface area contributed by atoms with Crippen molar-refractivity contribution in [3.05, 3.63) is 77.3 Å². The minimum absolute atomic E-state index is 0.00799. The number of nitrogens with one attached hydrogen (secondary N) is 3. The number of carbonyl (C=O) groups is 4. The van der Waals surface area contributed by atoms with Crippen LogP contribution in [0.1, 0.15) is 76.1 Å². The van der Waals surface area contributed by atoms with Gasteiger partial charge in [0.1, 0.15) is 29.0 Å². The maximum atomic E-state index is 14.1. The predicted octanol–water partition coefficient (Wildman–Crippen LogP) is 8.45. The van der Waals surface area contributed by atoms with Crippen LogP contribution in [0.5, 0.6) is 5.75 Å². The van der Waals surface area contributed by atoms with Gasteiger partial charge in [-0.1, -0.05) is 42.8 Å². The zero-order chi connectivity index (χ0) is 47.5. The number of halogens is 4. The molecule has 5 heterocycles. The highest BCUT2D eigenvalue weighted by molar-refractivity contribution is 6.35. The second-order valence-electron chi connectivity index (χ2n) is 17.9. The number of hydrogen-bond acceptors (Lipinski definition) is 11. The van der Waals surface area contributed by atoms with E-state index in [-0.39, 0.29) is 51.7 Å². The lowest BCUT2D eigenvalue weighted by molar-refractivity contribution is -0.274. The quantitative estimate of drug-likeness (QED) is 0.139. The highest BCUT2D eigenvalue weighted by atomic mass is 35.5. The van der Waals surface area contributed by atoms with E-state index in [0.717, 1.165) is 6.07 Å². The number of alkyl halides is 3. The number of methoxy groups -OCH3 is 1. The first-order valence-corrected chi connectivity index (χ1v) is 22.1. The van der Waals surface area contributed by atoms with Crippen molar-refractivity contribution in [2.45, 2.75) is 84.0 Å². The van der Waals surface area contributed by atoms with Crippen LogP contribution in [0.15, 0.2) is 60.9 Å². The largest absolute Gasteiger partial charge is 0.573 e. The smallest absolute Gasteiger partial charge is 0.453 e. The number of pyridine rings is 1. The first kappa shape index (κ1) is 47.9. The topological polar surface area (TPSA) is 181 Å². The van der Waals surface area contributed by atoms with Gasteiger partial charge in [0.15, 0.2) is 0 Å². The van der Waals surface area contributed by atoms with E-state index in [1.807, 2.05) is 39.5 Å². The van der Waals surface area contributed by atoms with Gasteiger partial charge in [-0.05, 0) is 94.2 Å². The molecule has 20 heteroatoms. The van der Waals surface area contributed by atoms with E-state index in [9.17, 15) is 32.3 Å². The first-order valence-electron chi connectivity index (χ1n) is 21.8. The number of imidazole rings is 1. The molecule has 3 saturated heterocycles. The summed E-state index contributed by atoms with van der Waals surface area (Å²) in [5, 5.41) is 5.29. The molecule has 354 valence electrons. The van der Waals surface area contributed by atoms with Crippen LogP contribution in [0.3, 0.4) is 0 Å². The van der Waals surface area contributed by atoms with Crippen LogP contribution in [0, 0.1) is 11.8 Å². The maximum Gasteiger partial charge on any atom is 0.573 e. The van der Waals surface area contributed by atoms with Gasteiger partial charge in [0.05, 0.1) is 47.5 Å². The Balaban J connectivity index is 1.04. The summed E-state index contributed by atoms with van der Waals surface area (Å²) in [5.41, 5.74) is 0.979. The Kier molecular flexibility index (Phi) is 14.4. The van der Waals surface area contributed by atoms with Crippen molar-refractivity contribution in [2.24, 2.45) is 11.8 Å². The average Bonchev–Trinajstić information content (AvgIpc) is 3.92. The number of carbonyl (C=O) groups excluding carboxylic acids is 4. The minimum atomic E-state index is -5.09. The van der Waals surface area contributed by atoms with Crippen molar-refractivity contribution < 1.29 is 51.3 Å². The van der Waals surface area contributed by atoms with Crippen LogP contribution in [0.25, 0.3) is 22.4 Å². The van der Waals surface area contributed by atoms with E-state index in [1.54, 1.807) is 52.4 Å². The fraction of sp³-hybridized carbons (Fsp3) is 0.478. The fourth-order valence-corrected chi connectivity index (χ4v) is 8.86. The molecule has 0 saturated carbocycles. The van der Waals surface area contributed by atoms with Gasteiger partial charge in [0, 0.05) is 51.0 Å². The third kappa shape index (κ3) is 11.5. The van der Waals surface area contributed by atoms with Crippen LogP contribution >= 0.6 is 11.6 Å². The van der Waals surface area contributed by atoms with Gasteiger partial charge in [-0.25, -0.2) is 19.6 Å². The molecule has 0 unspecified atom stereocenters. The molecule has 3 aliphatic rings. The number of rotatable bonds is 10. The zero-order valence-corrected chi connectivity index (χ0v) is 38.3. The third-order valence-corrected chi connectivity index (χ3v) is 12.1. The minimum Gasteiger partial charge on any atom is -0.453 e. The summed E-state index contributed by atoms with van der Waals surface area (Å²) in [6.07, 6.45) is -1.26. The molecule has 2 aromatic heterocycles. The van der Waals surface area contributed by atoms with Crippen molar-refractivity contribution in [2.75, 3.05) is 56.7 Å². The van der Waals surface area contributed by atoms with Gasteiger partial charge in [-0.2, -0.15) is 0 Å². The molecule has 3 fully saturated rings. The summed E-state index contributed by atoms with van der Waals surface area (Å²) in [4.78, 5) is 70.4. The number of anilines is 2. The SMILES string of the molecule is COC(=O)N[C@H](C(=O)N1C[C@@H](C)C[C@H]1c1ncc(-c2ccc(-c3cc(Cl)c(C(=O)Nc4ccc(N5CCN(C(=O)OC(C)(C)C)C[C@H]5C)nc4)cc3OC(F)(F)F)cc2)[nH]1)C1CCOCC1. The Morgan fingerprint density at radius 1 is 0.939 bits per heavy atom. The Morgan fingerprint density at radius 2 is 1.65 bits per heavy atom. The molecule has 4 amide bonds. The van der Waals surface area contributed by atoms with Crippen molar-refractivity contribution in [1.82, 2.24) is 30.1 Å². The number of hydrogen-bond donors (Lipinski definition) is 3. The summed E-state index contributed by atoms with van der Waals surface area (Å²) in [6, 6.07) is 10.8. The number of nitrogens with zero attached hydrogens (tertiary/aromatic N) is 5. The lowest BCUT2D eigenvalue weighted by Gasteiger charge is -2.40. The average molecular weight is 939 g/mol. The van der Waals surface area contributed by atoms with Crippen molar-refractivity contribution in [3.8, 4) is 28.1 Å². The monoisotopic (exact) mass is 938 g/mol. The molecule has 0 radical (unpaired) electrons. The van der Waals surface area contributed by atoms with Gasteiger partial charge in [-0.3, -0.25) is 9.59 Å². The molecule has 0 bridgehead atoms. The van der Waals surface area contributed by atoms with Crippen molar-refractivity contribution in [1.29, 1.82) is 0 Å². The van der Waals surface area contributed by atoms with Crippen molar-refractivity contribution in [3.63, 3.8) is 0 Å². The van der Waals surface area contributed by atoms with Crippen LogP contribution in [0.2, 0.25) is 5.02 Å². The first-order chi connectivity index (χ1) is 31.3. The van der Waals surface area contributed by atoms with Gasteiger partial charge in [-0.15, -0.1) is 13.2 Å². The molecule has 7 rings (SSSR count). The molecular formula is C46H54ClF3N8O8. The van der Waals surface area contributed by atoms with E-state index in [2.05, 4.69) is 30.3 Å². The number of amides is 4. The molecule has 0 aliphatic carbocycles. The Bertz CT molecular complexity index is 2390. The summed E-state index contributed by atoms with van der Waals surface area (Å²) < 4.78 is 61.8. The zero-order valence-electron chi connectivity index (χ0n) is 37.5. The highest BCUT2D eigenvalue weighted by Crippen LogP contribution is 2.40.